The number of fused-ring (bicyclic) bond motifs is 3. The van der Waals surface area contributed by atoms with Gasteiger partial charge in [-0.05, 0) is 25.5 Å². The second-order valence-corrected chi connectivity index (χ2v) is 8.49. The average Bonchev–Trinajstić information content (AvgIpc) is 3.12. The maximum atomic E-state index is 12.9. The Kier molecular flexibility index (Phi) is 3.21. The highest BCUT2D eigenvalue weighted by molar-refractivity contribution is 7.21. The van der Waals surface area contributed by atoms with Crippen LogP contribution in [0.5, 0.6) is 0 Å². The molecular formula is C18H21N3O3S. The Bertz CT molecular complexity index is 887. The zero-order valence-corrected chi connectivity index (χ0v) is 15.2. The number of pyridine rings is 1. The summed E-state index contributed by atoms with van der Waals surface area (Å²) in [6.45, 7) is 6.01. The van der Waals surface area contributed by atoms with Crippen molar-refractivity contribution < 1.29 is 14.3 Å². The molecule has 0 bridgehead atoms. The van der Waals surface area contributed by atoms with Gasteiger partial charge < -0.3 is 20.1 Å². The highest BCUT2D eigenvalue weighted by atomic mass is 32.1. The van der Waals surface area contributed by atoms with Crippen LogP contribution in [-0.2, 0) is 9.47 Å². The first kappa shape index (κ1) is 15.5. The Morgan fingerprint density at radius 3 is 2.92 bits per heavy atom. The number of aromatic nitrogens is 1. The van der Waals surface area contributed by atoms with Crippen molar-refractivity contribution in [3.63, 3.8) is 0 Å². The van der Waals surface area contributed by atoms with Crippen molar-refractivity contribution >= 4 is 33.1 Å². The fourth-order valence-electron chi connectivity index (χ4n) is 4.45. The number of hydrogen-bond acceptors (Lipinski definition) is 6. The standard InChI is InChI=1S/C18H21N3O3S/c1-10-7-11(2)19-16-12(10)13-14(25-16)15(22)21-18(20-13)4-6-24-17(8-18)3-5-23-9-17/h7,20H,3-6,8-9H2,1-2H3,(H,21,22). The van der Waals surface area contributed by atoms with Crippen molar-refractivity contribution in [1.82, 2.24) is 10.3 Å². The number of aryl methyl sites for hydroxylation is 2. The predicted octanol–water partition coefficient (Wildman–Crippen LogP) is 2.73. The van der Waals surface area contributed by atoms with E-state index < -0.39 is 5.66 Å². The zero-order chi connectivity index (χ0) is 17.2. The van der Waals surface area contributed by atoms with E-state index >= 15 is 0 Å². The first-order chi connectivity index (χ1) is 12.0. The molecule has 0 aliphatic carbocycles. The number of nitrogens with zero attached hydrogens (tertiary/aromatic N) is 1. The third-order valence-electron chi connectivity index (χ3n) is 5.54. The topological polar surface area (TPSA) is 72.5 Å². The van der Waals surface area contributed by atoms with E-state index in [0.29, 0.717) is 13.2 Å². The monoisotopic (exact) mass is 359 g/mol. The van der Waals surface area contributed by atoms with Crippen LogP contribution in [0.2, 0.25) is 0 Å². The highest BCUT2D eigenvalue weighted by Gasteiger charge is 2.51. The number of anilines is 1. The largest absolute Gasteiger partial charge is 0.378 e. The molecule has 2 fully saturated rings. The van der Waals surface area contributed by atoms with E-state index in [2.05, 4.69) is 28.6 Å². The van der Waals surface area contributed by atoms with Crippen molar-refractivity contribution in [3.05, 3.63) is 22.2 Å². The Labute approximate surface area is 149 Å². The highest BCUT2D eigenvalue weighted by Crippen LogP contribution is 2.45. The van der Waals surface area contributed by atoms with Gasteiger partial charge in [-0.25, -0.2) is 4.98 Å². The van der Waals surface area contributed by atoms with Crippen LogP contribution in [0.4, 0.5) is 5.69 Å². The molecule has 25 heavy (non-hydrogen) atoms. The van der Waals surface area contributed by atoms with Gasteiger partial charge in [0.1, 0.15) is 15.4 Å². The molecule has 0 saturated carbocycles. The number of carbonyl (C=O) groups excluding carboxylic acids is 1. The number of rotatable bonds is 0. The first-order valence-corrected chi connectivity index (χ1v) is 9.54. The summed E-state index contributed by atoms with van der Waals surface area (Å²) in [6, 6.07) is 2.08. The molecular weight excluding hydrogens is 338 g/mol. The number of nitrogens with one attached hydrogen (secondary N) is 2. The third-order valence-corrected chi connectivity index (χ3v) is 6.62. The van der Waals surface area contributed by atoms with E-state index in [0.717, 1.165) is 57.9 Å². The molecule has 2 unspecified atom stereocenters. The van der Waals surface area contributed by atoms with Crippen LogP contribution in [-0.4, -0.2) is 42.0 Å². The van der Waals surface area contributed by atoms with Crippen molar-refractivity contribution in [2.75, 3.05) is 25.1 Å². The second kappa shape index (κ2) is 5.16. The Morgan fingerprint density at radius 1 is 1.24 bits per heavy atom. The Morgan fingerprint density at radius 2 is 2.12 bits per heavy atom. The summed E-state index contributed by atoms with van der Waals surface area (Å²) in [5.41, 5.74) is 2.31. The minimum atomic E-state index is -0.471. The van der Waals surface area contributed by atoms with Crippen LogP contribution in [0.3, 0.4) is 0 Å². The Hall–Kier alpha value is -1.70. The van der Waals surface area contributed by atoms with Gasteiger partial charge in [-0.2, -0.15) is 0 Å². The molecule has 2 aromatic rings. The molecule has 2 N–H and O–H groups in total. The van der Waals surface area contributed by atoms with E-state index in [1.807, 2.05) is 6.92 Å². The lowest BCUT2D eigenvalue weighted by atomic mass is 9.83. The van der Waals surface area contributed by atoms with Gasteiger partial charge in [0.2, 0.25) is 0 Å². The lowest BCUT2D eigenvalue weighted by molar-refractivity contribution is -0.104. The first-order valence-electron chi connectivity index (χ1n) is 8.72. The number of carbonyl (C=O) groups is 1. The molecule has 2 atom stereocenters. The van der Waals surface area contributed by atoms with E-state index in [9.17, 15) is 4.79 Å². The molecule has 2 aromatic heterocycles. The van der Waals surface area contributed by atoms with E-state index in [1.54, 1.807) is 0 Å². The minimum Gasteiger partial charge on any atom is -0.378 e. The van der Waals surface area contributed by atoms with Crippen LogP contribution in [0, 0.1) is 13.8 Å². The zero-order valence-electron chi connectivity index (χ0n) is 14.4. The van der Waals surface area contributed by atoms with E-state index in [-0.39, 0.29) is 11.5 Å². The van der Waals surface area contributed by atoms with Crippen LogP contribution >= 0.6 is 11.3 Å². The van der Waals surface area contributed by atoms with Crippen LogP contribution in [0.25, 0.3) is 10.2 Å². The van der Waals surface area contributed by atoms with Crippen LogP contribution in [0.15, 0.2) is 6.07 Å². The van der Waals surface area contributed by atoms with Gasteiger partial charge in [0, 0.05) is 36.9 Å². The summed E-state index contributed by atoms with van der Waals surface area (Å²) in [5.74, 6) is -0.00947. The molecule has 1 amide bonds. The van der Waals surface area contributed by atoms with Crippen LogP contribution in [0.1, 0.15) is 40.2 Å². The molecule has 132 valence electrons. The summed E-state index contributed by atoms with van der Waals surface area (Å²) in [5, 5.41) is 7.98. The van der Waals surface area contributed by atoms with Gasteiger partial charge in [0.25, 0.3) is 5.91 Å². The molecule has 6 nitrogen and oxygen atoms in total. The Balaban J connectivity index is 1.61. The maximum absolute atomic E-state index is 12.9. The molecule has 5 heterocycles. The van der Waals surface area contributed by atoms with Crippen molar-refractivity contribution in [2.24, 2.45) is 0 Å². The molecule has 0 radical (unpaired) electrons. The molecule has 7 heteroatoms. The number of hydrogen-bond donors (Lipinski definition) is 2. The molecule has 2 spiro atoms. The minimum absolute atomic E-state index is 0.00947. The van der Waals surface area contributed by atoms with Gasteiger partial charge in [0.05, 0.1) is 24.5 Å². The normalized spacial score (nSPS) is 31.4. The van der Waals surface area contributed by atoms with Gasteiger partial charge in [0.15, 0.2) is 0 Å². The van der Waals surface area contributed by atoms with Crippen LogP contribution < -0.4 is 10.6 Å². The smallest absolute Gasteiger partial charge is 0.265 e. The molecule has 3 aliphatic heterocycles. The lowest BCUT2D eigenvalue weighted by Crippen LogP contribution is -2.64. The quantitative estimate of drug-likeness (QED) is 0.757. The summed E-state index contributed by atoms with van der Waals surface area (Å²) < 4.78 is 11.6. The van der Waals surface area contributed by atoms with Crippen molar-refractivity contribution in [1.29, 1.82) is 0 Å². The lowest BCUT2D eigenvalue weighted by Gasteiger charge is -2.48. The molecule has 0 aromatic carbocycles. The van der Waals surface area contributed by atoms with Gasteiger partial charge in [-0.15, -0.1) is 11.3 Å². The van der Waals surface area contributed by atoms with Gasteiger partial charge >= 0.3 is 0 Å². The summed E-state index contributed by atoms with van der Waals surface area (Å²) >= 11 is 1.47. The summed E-state index contributed by atoms with van der Waals surface area (Å²) in [6.07, 6.45) is 2.35. The fraction of sp³-hybridized carbons (Fsp3) is 0.556. The third kappa shape index (κ3) is 2.29. The van der Waals surface area contributed by atoms with Crippen molar-refractivity contribution in [3.8, 4) is 0 Å². The van der Waals surface area contributed by atoms with Crippen molar-refractivity contribution in [2.45, 2.75) is 44.4 Å². The second-order valence-electron chi connectivity index (χ2n) is 7.49. The molecule has 3 aliphatic rings. The van der Waals surface area contributed by atoms with E-state index in [1.165, 1.54) is 11.3 Å². The molecule has 5 rings (SSSR count). The fourth-order valence-corrected chi connectivity index (χ4v) is 5.60. The number of amides is 1. The average molecular weight is 359 g/mol. The van der Waals surface area contributed by atoms with Gasteiger partial charge in [-0.3, -0.25) is 4.79 Å². The molecule has 2 saturated heterocycles. The summed E-state index contributed by atoms with van der Waals surface area (Å²) in [4.78, 5) is 19.2. The summed E-state index contributed by atoms with van der Waals surface area (Å²) in [7, 11) is 0. The maximum Gasteiger partial charge on any atom is 0.265 e. The van der Waals surface area contributed by atoms with E-state index in [4.69, 9.17) is 9.47 Å². The predicted molar refractivity (Wildman–Crippen MR) is 96.3 cm³/mol. The van der Waals surface area contributed by atoms with Gasteiger partial charge in [-0.1, -0.05) is 0 Å². The SMILES string of the molecule is Cc1cc(C)c2c3c(sc2n1)C(=O)NC1(CCOC2(CCOC2)C1)N3. The number of ether oxygens (including phenoxy) is 2. The number of thiophene rings is 1.